The quantitative estimate of drug-likeness (QED) is 0.679. The first-order valence-electron chi connectivity index (χ1n) is 8.88. The second-order valence-corrected chi connectivity index (χ2v) is 9.91. The molecule has 1 heterocycles. The Hall–Kier alpha value is -1.91. The molecule has 144 valence electrons. The number of rotatable bonds is 7. The molecule has 1 aromatic carbocycles. The molecule has 10 heteroatoms. The second kappa shape index (κ2) is 6.92. The lowest BCUT2D eigenvalue weighted by Crippen LogP contribution is -2.23. The largest absolute Gasteiger partial charge is 0.325 e. The second-order valence-electron chi connectivity index (χ2n) is 7.04. The van der Waals surface area contributed by atoms with E-state index in [1.807, 2.05) is 0 Å². The molecule has 1 atom stereocenters. The predicted octanol–water partition coefficient (Wildman–Crippen LogP) is 2.26. The number of nitrogens with two attached hydrogens (primary N) is 1. The summed E-state index contributed by atoms with van der Waals surface area (Å²) in [5.41, 5.74) is 0.390. The minimum Gasteiger partial charge on any atom is -0.325 e. The van der Waals surface area contributed by atoms with E-state index in [2.05, 4.69) is 20.1 Å². The zero-order valence-corrected chi connectivity index (χ0v) is 16.5. The number of aromatic nitrogens is 3. The molecule has 27 heavy (non-hydrogen) atoms. The Balaban J connectivity index is 1.46. The lowest BCUT2D eigenvalue weighted by atomic mass is 10.3. The number of thioether (sulfide) groups is 1. The summed E-state index contributed by atoms with van der Waals surface area (Å²) >= 11 is 1.38. The number of amides is 1. The van der Waals surface area contributed by atoms with E-state index in [1.54, 1.807) is 19.1 Å². The zero-order chi connectivity index (χ0) is 19.2. The normalized spacial score (nSPS) is 18.3. The number of carbonyl (C=O) groups excluding carboxylic acids is 1. The summed E-state index contributed by atoms with van der Waals surface area (Å²) in [6.45, 7) is 1.80. The van der Waals surface area contributed by atoms with E-state index in [0.29, 0.717) is 17.6 Å². The van der Waals surface area contributed by atoms with Crippen LogP contribution in [0.5, 0.6) is 0 Å². The van der Waals surface area contributed by atoms with E-state index in [4.69, 9.17) is 5.14 Å². The summed E-state index contributed by atoms with van der Waals surface area (Å²) in [4.78, 5) is 12.5. The fourth-order valence-electron chi connectivity index (χ4n) is 2.87. The summed E-state index contributed by atoms with van der Waals surface area (Å²) in [6, 6.07) is 6.36. The van der Waals surface area contributed by atoms with Crippen molar-refractivity contribution in [1.82, 2.24) is 14.8 Å². The Morgan fingerprint density at radius 3 is 2.67 bits per heavy atom. The monoisotopic (exact) mass is 407 g/mol. The average molecular weight is 408 g/mol. The lowest BCUT2D eigenvalue weighted by molar-refractivity contribution is -0.115. The van der Waals surface area contributed by atoms with Gasteiger partial charge in [0.15, 0.2) is 5.16 Å². The molecular formula is C17H21N5O3S2. The molecule has 0 saturated heterocycles. The third-order valence-electron chi connectivity index (χ3n) is 4.63. The highest BCUT2D eigenvalue weighted by Gasteiger charge is 2.37. The Morgan fingerprint density at radius 2 is 2.04 bits per heavy atom. The topological polar surface area (TPSA) is 120 Å². The number of anilines is 1. The van der Waals surface area contributed by atoms with E-state index in [0.717, 1.165) is 36.7 Å². The molecule has 2 aliphatic rings. The molecule has 1 aromatic heterocycles. The summed E-state index contributed by atoms with van der Waals surface area (Å²) in [5, 5.41) is 16.9. The number of nitrogens with one attached hydrogen (secondary N) is 1. The molecule has 8 nitrogen and oxygen atoms in total. The van der Waals surface area contributed by atoms with Gasteiger partial charge >= 0.3 is 0 Å². The van der Waals surface area contributed by atoms with Gasteiger partial charge in [0, 0.05) is 17.6 Å². The van der Waals surface area contributed by atoms with Gasteiger partial charge in [0.2, 0.25) is 15.9 Å². The molecule has 2 fully saturated rings. The van der Waals surface area contributed by atoms with Gasteiger partial charge in [0.25, 0.3) is 0 Å². The third-order valence-corrected chi connectivity index (χ3v) is 6.59. The maximum Gasteiger partial charge on any atom is 0.238 e. The van der Waals surface area contributed by atoms with Crippen molar-refractivity contribution in [2.45, 2.75) is 59.9 Å². The maximum atomic E-state index is 12.6. The van der Waals surface area contributed by atoms with Gasteiger partial charge in [-0.05, 0) is 50.8 Å². The Bertz CT molecular complexity index is 980. The minimum atomic E-state index is -3.82. The molecule has 1 unspecified atom stereocenters. The van der Waals surface area contributed by atoms with Crippen molar-refractivity contribution in [3.63, 3.8) is 0 Å². The number of hydrogen-bond acceptors (Lipinski definition) is 6. The standard InChI is InChI=1S/C17H21N5O3S2/c1-10(16(23)19-12-3-2-4-14(9-12)27(18,24)25)26-17-21-20-15(11-5-6-11)22(17)13-7-8-13/h2-4,9-11,13H,5-8H2,1H3,(H,19,23)(H2,18,24,25). The van der Waals surface area contributed by atoms with Crippen molar-refractivity contribution >= 4 is 33.4 Å². The molecule has 0 aliphatic heterocycles. The smallest absolute Gasteiger partial charge is 0.238 e. The highest BCUT2D eigenvalue weighted by atomic mass is 32.2. The van der Waals surface area contributed by atoms with Crippen LogP contribution in [-0.2, 0) is 14.8 Å². The van der Waals surface area contributed by atoms with Gasteiger partial charge in [-0.3, -0.25) is 4.79 Å². The molecule has 2 aliphatic carbocycles. The first-order valence-corrected chi connectivity index (χ1v) is 11.3. The van der Waals surface area contributed by atoms with Crippen LogP contribution >= 0.6 is 11.8 Å². The first kappa shape index (κ1) is 18.5. The molecule has 0 bridgehead atoms. The average Bonchev–Trinajstić information content (AvgIpc) is 3.53. The van der Waals surface area contributed by atoms with Gasteiger partial charge in [-0.2, -0.15) is 0 Å². The van der Waals surface area contributed by atoms with Gasteiger partial charge in [-0.25, -0.2) is 13.6 Å². The van der Waals surface area contributed by atoms with E-state index in [9.17, 15) is 13.2 Å². The molecule has 2 saturated carbocycles. The van der Waals surface area contributed by atoms with E-state index >= 15 is 0 Å². The van der Waals surface area contributed by atoms with Crippen LogP contribution < -0.4 is 10.5 Å². The number of primary sulfonamides is 1. The van der Waals surface area contributed by atoms with Gasteiger partial charge < -0.3 is 9.88 Å². The minimum absolute atomic E-state index is 0.0387. The van der Waals surface area contributed by atoms with Crippen LogP contribution in [0.15, 0.2) is 34.3 Å². The van der Waals surface area contributed by atoms with Crippen LogP contribution in [0.2, 0.25) is 0 Å². The van der Waals surface area contributed by atoms with E-state index < -0.39 is 15.3 Å². The van der Waals surface area contributed by atoms with Crippen molar-refractivity contribution in [2.75, 3.05) is 5.32 Å². The molecule has 3 N–H and O–H groups in total. The van der Waals surface area contributed by atoms with Gasteiger partial charge in [0.05, 0.1) is 10.1 Å². The third kappa shape index (κ3) is 4.17. The van der Waals surface area contributed by atoms with Crippen LogP contribution in [0.3, 0.4) is 0 Å². The van der Waals surface area contributed by atoms with E-state index in [1.165, 1.54) is 23.9 Å². The van der Waals surface area contributed by atoms with Crippen molar-refractivity contribution in [3.05, 3.63) is 30.1 Å². The van der Waals surface area contributed by atoms with Crippen molar-refractivity contribution in [3.8, 4) is 0 Å². The fourth-order valence-corrected chi connectivity index (χ4v) is 4.36. The van der Waals surface area contributed by atoms with Gasteiger partial charge in [-0.1, -0.05) is 17.8 Å². The van der Waals surface area contributed by atoms with Crippen LogP contribution in [-0.4, -0.2) is 34.3 Å². The number of sulfonamides is 1. The SMILES string of the molecule is CC(Sc1nnc(C2CC2)n1C1CC1)C(=O)Nc1cccc(S(N)(=O)=O)c1. The van der Waals surface area contributed by atoms with Crippen molar-refractivity contribution < 1.29 is 13.2 Å². The number of hydrogen-bond donors (Lipinski definition) is 2. The highest BCUT2D eigenvalue weighted by molar-refractivity contribution is 8.00. The number of carbonyl (C=O) groups is 1. The fraction of sp³-hybridized carbons (Fsp3) is 0.471. The summed E-state index contributed by atoms with van der Waals surface area (Å²) in [7, 11) is -3.82. The molecule has 2 aromatic rings. The van der Waals surface area contributed by atoms with Gasteiger partial charge in [-0.15, -0.1) is 10.2 Å². The van der Waals surface area contributed by atoms with E-state index in [-0.39, 0.29) is 10.8 Å². The number of benzene rings is 1. The Labute approximate surface area is 162 Å². The number of nitrogens with zero attached hydrogens (tertiary/aromatic N) is 3. The summed E-state index contributed by atoms with van der Waals surface area (Å²) in [5.74, 6) is 1.33. The summed E-state index contributed by atoms with van der Waals surface area (Å²) in [6.07, 6.45) is 4.58. The molecule has 0 radical (unpaired) electrons. The zero-order valence-electron chi connectivity index (χ0n) is 14.8. The molecule has 1 amide bonds. The molecule has 0 spiro atoms. The highest BCUT2D eigenvalue weighted by Crippen LogP contribution is 2.46. The lowest BCUT2D eigenvalue weighted by Gasteiger charge is -2.13. The van der Waals surface area contributed by atoms with Crippen LogP contribution in [0.1, 0.15) is 50.4 Å². The van der Waals surface area contributed by atoms with Crippen molar-refractivity contribution in [1.29, 1.82) is 0 Å². The van der Waals surface area contributed by atoms with Crippen LogP contribution in [0.4, 0.5) is 5.69 Å². The molecular weight excluding hydrogens is 386 g/mol. The molecule has 4 rings (SSSR count). The first-order chi connectivity index (χ1) is 12.8. The predicted molar refractivity (Wildman–Crippen MR) is 102 cm³/mol. The van der Waals surface area contributed by atoms with Gasteiger partial charge in [0.1, 0.15) is 5.82 Å². The Morgan fingerprint density at radius 1 is 1.30 bits per heavy atom. The van der Waals surface area contributed by atoms with Crippen LogP contribution in [0, 0.1) is 0 Å². The summed E-state index contributed by atoms with van der Waals surface area (Å²) < 4.78 is 25.1. The Kier molecular flexibility index (Phi) is 4.73. The van der Waals surface area contributed by atoms with Crippen molar-refractivity contribution in [2.24, 2.45) is 5.14 Å². The maximum absolute atomic E-state index is 12.6. The van der Waals surface area contributed by atoms with Crippen LogP contribution in [0.25, 0.3) is 0 Å².